The van der Waals surface area contributed by atoms with Crippen LogP contribution < -0.4 is 4.90 Å². The molecule has 1 nitrogen and oxygen atoms in total. The molecule has 0 saturated carbocycles. The average Bonchev–Trinajstić information content (AvgIpc) is 2.44. The lowest BCUT2D eigenvalue weighted by Gasteiger charge is -2.25. The molecular formula is C17H20BrN. The van der Waals surface area contributed by atoms with Crippen LogP contribution in [-0.4, -0.2) is 6.54 Å². The predicted octanol–water partition coefficient (Wildman–Crippen LogP) is 5.26. The minimum atomic E-state index is 0.962. The van der Waals surface area contributed by atoms with E-state index in [9.17, 15) is 0 Å². The van der Waals surface area contributed by atoms with Gasteiger partial charge in [0.2, 0.25) is 0 Å². The Kier molecular flexibility index (Phi) is 5.46. The summed E-state index contributed by atoms with van der Waals surface area (Å²) in [6, 6.07) is 19.2. The van der Waals surface area contributed by atoms with Crippen LogP contribution in [0.5, 0.6) is 0 Å². The number of unbranched alkanes of at least 4 members (excludes halogenated alkanes) is 1. The molecule has 0 atom stereocenters. The van der Waals surface area contributed by atoms with E-state index >= 15 is 0 Å². The van der Waals surface area contributed by atoms with Crippen molar-refractivity contribution in [3.63, 3.8) is 0 Å². The van der Waals surface area contributed by atoms with Crippen LogP contribution >= 0.6 is 15.9 Å². The first-order chi connectivity index (χ1) is 9.29. The first kappa shape index (κ1) is 14.1. The monoisotopic (exact) mass is 317 g/mol. The molecule has 19 heavy (non-hydrogen) atoms. The van der Waals surface area contributed by atoms with Crippen molar-refractivity contribution in [3.8, 4) is 0 Å². The van der Waals surface area contributed by atoms with Gasteiger partial charge in [0, 0.05) is 23.2 Å². The molecule has 0 radical (unpaired) electrons. The number of benzene rings is 2. The molecule has 0 unspecified atom stereocenters. The highest BCUT2D eigenvalue weighted by Gasteiger charge is 2.06. The summed E-state index contributed by atoms with van der Waals surface area (Å²) in [4.78, 5) is 2.45. The number of halogens is 1. The zero-order valence-corrected chi connectivity index (χ0v) is 12.9. The molecule has 2 aromatic rings. The minimum absolute atomic E-state index is 0.962. The van der Waals surface area contributed by atoms with Crippen molar-refractivity contribution >= 4 is 21.6 Å². The van der Waals surface area contributed by atoms with E-state index in [0.29, 0.717) is 0 Å². The predicted molar refractivity (Wildman–Crippen MR) is 86.5 cm³/mol. The molecule has 0 N–H and O–H groups in total. The number of rotatable bonds is 6. The number of hydrogen-bond donors (Lipinski definition) is 0. The summed E-state index contributed by atoms with van der Waals surface area (Å²) in [5.41, 5.74) is 2.64. The van der Waals surface area contributed by atoms with Gasteiger partial charge in [-0.1, -0.05) is 59.6 Å². The quantitative estimate of drug-likeness (QED) is 0.702. The molecule has 0 amide bonds. The van der Waals surface area contributed by atoms with E-state index in [2.05, 4.69) is 82.4 Å². The van der Waals surface area contributed by atoms with E-state index in [-0.39, 0.29) is 0 Å². The zero-order valence-electron chi connectivity index (χ0n) is 11.3. The molecule has 0 fully saturated rings. The maximum Gasteiger partial charge on any atom is 0.0429 e. The van der Waals surface area contributed by atoms with Crippen molar-refractivity contribution in [1.29, 1.82) is 0 Å². The van der Waals surface area contributed by atoms with E-state index in [4.69, 9.17) is 0 Å². The fourth-order valence-electron chi connectivity index (χ4n) is 2.14. The summed E-state index contributed by atoms with van der Waals surface area (Å²) in [6.07, 6.45) is 2.45. The lowest BCUT2D eigenvalue weighted by molar-refractivity contribution is 0.716. The van der Waals surface area contributed by atoms with Gasteiger partial charge in [-0.05, 0) is 36.2 Å². The average molecular weight is 318 g/mol. The number of nitrogens with zero attached hydrogens (tertiary/aromatic N) is 1. The van der Waals surface area contributed by atoms with E-state index in [1.165, 1.54) is 24.1 Å². The van der Waals surface area contributed by atoms with Crippen molar-refractivity contribution in [2.45, 2.75) is 26.3 Å². The molecule has 0 spiro atoms. The second kappa shape index (κ2) is 7.34. The normalized spacial score (nSPS) is 10.4. The van der Waals surface area contributed by atoms with Gasteiger partial charge in [-0.2, -0.15) is 0 Å². The Morgan fingerprint density at radius 2 is 1.79 bits per heavy atom. The third-order valence-corrected chi connectivity index (χ3v) is 3.66. The summed E-state index contributed by atoms with van der Waals surface area (Å²) in [6.45, 7) is 4.30. The first-order valence-corrected chi connectivity index (χ1v) is 7.63. The van der Waals surface area contributed by atoms with Crippen molar-refractivity contribution in [1.82, 2.24) is 0 Å². The van der Waals surface area contributed by atoms with Gasteiger partial charge in [-0.25, -0.2) is 0 Å². The van der Waals surface area contributed by atoms with Crippen LogP contribution in [-0.2, 0) is 6.54 Å². The summed E-state index contributed by atoms with van der Waals surface area (Å²) < 4.78 is 1.15. The van der Waals surface area contributed by atoms with Crippen LogP contribution in [0.2, 0.25) is 0 Å². The van der Waals surface area contributed by atoms with Gasteiger partial charge in [-0.3, -0.25) is 0 Å². The van der Waals surface area contributed by atoms with Gasteiger partial charge in [-0.15, -0.1) is 0 Å². The Hall–Kier alpha value is -1.28. The molecular weight excluding hydrogens is 298 g/mol. The number of anilines is 1. The molecule has 100 valence electrons. The van der Waals surface area contributed by atoms with Crippen LogP contribution in [0, 0.1) is 0 Å². The summed E-state index contributed by atoms with van der Waals surface area (Å²) in [5, 5.41) is 0. The van der Waals surface area contributed by atoms with Gasteiger partial charge >= 0.3 is 0 Å². The van der Waals surface area contributed by atoms with Gasteiger partial charge < -0.3 is 4.90 Å². The second-order valence-corrected chi connectivity index (χ2v) is 5.66. The van der Waals surface area contributed by atoms with Gasteiger partial charge in [0.05, 0.1) is 0 Å². The second-order valence-electron chi connectivity index (χ2n) is 4.74. The molecule has 2 rings (SSSR count). The summed E-state index contributed by atoms with van der Waals surface area (Å²) in [5.74, 6) is 0. The van der Waals surface area contributed by atoms with Crippen molar-refractivity contribution in [3.05, 3.63) is 64.6 Å². The molecule has 0 aliphatic heterocycles. The van der Waals surface area contributed by atoms with Crippen LogP contribution in [0.25, 0.3) is 0 Å². The number of hydrogen-bond acceptors (Lipinski definition) is 1. The van der Waals surface area contributed by atoms with Gasteiger partial charge in [0.25, 0.3) is 0 Å². The Balaban J connectivity index is 2.14. The first-order valence-electron chi connectivity index (χ1n) is 6.84. The van der Waals surface area contributed by atoms with Crippen LogP contribution in [0.3, 0.4) is 0 Å². The van der Waals surface area contributed by atoms with Gasteiger partial charge in [0.1, 0.15) is 0 Å². The van der Waals surface area contributed by atoms with Crippen molar-refractivity contribution < 1.29 is 0 Å². The third-order valence-electron chi connectivity index (χ3n) is 3.17. The van der Waals surface area contributed by atoms with E-state index in [0.717, 1.165) is 17.6 Å². The Labute approximate surface area is 124 Å². The fourth-order valence-corrected chi connectivity index (χ4v) is 2.59. The van der Waals surface area contributed by atoms with Crippen molar-refractivity contribution in [2.24, 2.45) is 0 Å². The minimum Gasteiger partial charge on any atom is -0.367 e. The maximum atomic E-state index is 3.54. The molecule has 2 aromatic carbocycles. The van der Waals surface area contributed by atoms with E-state index in [1.807, 2.05) is 0 Å². The molecule has 0 heterocycles. The van der Waals surface area contributed by atoms with E-state index in [1.54, 1.807) is 0 Å². The largest absolute Gasteiger partial charge is 0.367 e. The third kappa shape index (κ3) is 4.39. The van der Waals surface area contributed by atoms with Crippen LogP contribution in [0.4, 0.5) is 5.69 Å². The molecule has 0 aliphatic rings. The zero-order chi connectivity index (χ0) is 13.5. The molecule has 0 saturated heterocycles. The highest BCUT2D eigenvalue weighted by Crippen LogP contribution is 2.19. The summed E-state index contributed by atoms with van der Waals surface area (Å²) in [7, 11) is 0. The Bertz CT molecular complexity index is 496. The standard InChI is InChI=1S/C17H20BrN/c1-2-3-12-19(17-10-5-4-6-11-17)14-15-8-7-9-16(18)13-15/h4-11,13H,2-3,12,14H2,1H3. The Morgan fingerprint density at radius 3 is 2.47 bits per heavy atom. The Morgan fingerprint density at radius 1 is 1.00 bits per heavy atom. The highest BCUT2D eigenvalue weighted by molar-refractivity contribution is 9.10. The molecule has 2 heteroatoms. The SMILES string of the molecule is CCCCN(Cc1cccc(Br)c1)c1ccccc1. The smallest absolute Gasteiger partial charge is 0.0429 e. The number of para-hydroxylation sites is 1. The maximum absolute atomic E-state index is 3.54. The van der Waals surface area contributed by atoms with Gasteiger partial charge in [0.15, 0.2) is 0 Å². The fraction of sp³-hybridized carbons (Fsp3) is 0.294. The van der Waals surface area contributed by atoms with E-state index < -0.39 is 0 Å². The lowest BCUT2D eigenvalue weighted by Crippen LogP contribution is -2.23. The summed E-state index contributed by atoms with van der Waals surface area (Å²) >= 11 is 3.54. The molecule has 0 aromatic heterocycles. The molecule has 0 aliphatic carbocycles. The topological polar surface area (TPSA) is 3.24 Å². The van der Waals surface area contributed by atoms with Crippen molar-refractivity contribution in [2.75, 3.05) is 11.4 Å². The van der Waals surface area contributed by atoms with Crippen LogP contribution in [0.15, 0.2) is 59.1 Å². The molecule has 0 bridgehead atoms. The lowest BCUT2D eigenvalue weighted by atomic mass is 10.2. The van der Waals surface area contributed by atoms with Crippen LogP contribution in [0.1, 0.15) is 25.3 Å². The highest BCUT2D eigenvalue weighted by atomic mass is 79.9.